The number of nitrogens with one attached hydrogen (secondary N) is 1. The number of benzene rings is 1. The maximum atomic E-state index is 4.78. The molecule has 0 saturated heterocycles. The number of nitrogens with zero attached hydrogens (tertiary/aromatic N) is 2. The van der Waals surface area contributed by atoms with Gasteiger partial charge in [-0.1, -0.05) is 12.1 Å². The molecule has 1 heterocycles. The molecule has 3 nitrogen and oxygen atoms in total. The molecule has 1 aliphatic carbocycles. The fourth-order valence-corrected chi connectivity index (χ4v) is 3.98. The van der Waals surface area contributed by atoms with E-state index in [1.54, 1.807) is 0 Å². The molecule has 1 fully saturated rings. The molecule has 4 heteroatoms. The minimum Gasteiger partial charge on any atom is -0.327 e. The number of imidazole rings is 1. The second-order valence-electron chi connectivity index (χ2n) is 5.51. The SMILES string of the molecule is CCn1c(CNC2CCC(SC)C2)nc2ccccc21. The van der Waals surface area contributed by atoms with Crippen LogP contribution in [0.15, 0.2) is 24.3 Å². The van der Waals surface area contributed by atoms with Crippen molar-refractivity contribution < 1.29 is 0 Å². The van der Waals surface area contributed by atoms with Crippen LogP contribution in [0.1, 0.15) is 32.0 Å². The Morgan fingerprint density at radius 2 is 2.20 bits per heavy atom. The van der Waals surface area contributed by atoms with Gasteiger partial charge in [-0.25, -0.2) is 4.98 Å². The number of fused-ring (bicyclic) bond motifs is 1. The fourth-order valence-electron chi connectivity index (χ4n) is 3.19. The van der Waals surface area contributed by atoms with Gasteiger partial charge in [-0.3, -0.25) is 0 Å². The van der Waals surface area contributed by atoms with Crippen molar-refractivity contribution in [3.05, 3.63) is 30.1 Å². The summed E-state index contributed by atoms with van der Waals surface area (Å²) in [6.07, 6.45) is 6.18. The van der Waals surface area contributed by atoms with Crippen molar-refractivity contribution >= 4 is 22.8 Å². The quantitative estimate of drug-likeness (QED) is 0.914. The summed E-state index contributed by atoms with van der Waals surface area (Å²) in [6, 6.07) is 9.08. The highest BCUT2D eigenvalue weighted by atomic mass is 32.2. The summed E-state index contributed by atoms with van der Waals surface area (Å²) in [7, 11) is 0. The van der Waals surface area contributed by atoms with Crippen LogP contribution in [0.3, 0.4) is 0 Å². The van der Waals surface area contributed by atoms with E-state index in [1.165, 1.54) is 30.6 Å². The van der Waals surface area contributed by atoms with Crippen LogP contribution in [0.2, 0.25) is 0 Å². The lowest BCUT2D eigenvalue weighted by Crippen LogP contribution is -2.27. The Morgan fingerprint density at radius 3 is 2.95 bits per heavy atom. The Bertz CT molecular complexity index is 578. The number of rotatable bonds is 5. The average molecular weight is 289 g/mol. The molecule has 0 bridgehead atoms. The maximum absolute atomic E-state index is 4.78. The molecule has 2 aromatic rings. The van der Waals surface area contributed by atoms with Crippen LogP contribution >= 0.6 is 11.8 Å². The Morgan fingerprint density at radius 1 is 1.35 bits per heavy atom. The van der Waals surface area contributed by atoms with Crippen LogP contribution in [-0.4, -0.2) is 27.1 Å². The lowest BCUT2D eigenvalue weighted by atomic mass is 10.2. The largest absolute Gasteiger partial charge is 0.327 e. The van der Waals surface area contributed by atoms with E-state index in [2.05, 4.69) is 47.3 Å². The van der Waals surface area contributed by atoms with E-state index in [-0.39, 0.29) is 0 Å². The van der Waals surface area contributed by atoms with Gasteiger partial charge in [-0.05, 0) is 44.6 Å². The fraction of sp³-hybridized carbons (Fsp3) is 0.562. The van der Waals surface area contributed by atoms with E-state index >= 15 is 0 Å². The normalized spacial score (nSPS) is 22.7. The highest BCUT2D eigenvalue weighted by molar-refractivity contribution is 7.99. The lowest BCUT2D eigenvalue weighted by molar-refractivity contribution is 0.504. The topological polar surface area (TPSA) is 29.9 Å². The second-order valence-corrected chi connectivity index (χ2v) is 6.65. The van der Waals surface area contributed by atoms with Crippen molar-refractivity contribution in [1.29, 1.82) is 0 Å². The first-order valence-electron chi connectivity index (χ1n) is 7.52. The number of hydrogen-bond donors (Lipinski definition) is 1. The van der Waals surface area contributed by atoms with Crippen LogP contribution in [0.4, 0.5) is 0 Å². The van der Waals surface area contributed by atoms with Crippen molar-refractivity contribution in [3.8, 4) is 0 Å². The van der Waals surface area contributed by atoms with E-state index in [4.69, 9.17) is 4.98 Å². The monoisotopic (exact) mass is 289 g/mol. The Labute approximate surface area is 125 Å². The zero-order chi connectivity index (χ0) is 13.9. The summed E-state index contributed by atoms with van der Waals surface area (Å²) in [5, 5.41) is 4.55. The van der Waals surface area contributed by atoms with Crippen molar-refractivity contribution in [2.45, 2.75) is 50.6 Å². The van der Waals surface area contributed by atoms with E-state index in [0.29, 0.717) is 6.04 Å². The highest BCUT2D eigenvalue weighted by Crippen LogP contribution is 2.28. The third-order valence-electron chi connectivity index (χ3n) is 4.32. The average Bonchev–Trinajstić information content (AvgIpc) is 3.08. The molecule has 0 spiro atoms. The molecule has 108 valence electrons. The summed E-state index contributed by atoms with van der Waals surface area (Å²) in [5.41, 5.74) is 2.36. The van der Waals surface area contributed by atoms with Gasteiger partial charge in [0.25, 0.3) is 0 Å². The van der Waals surface area contributed by atoms with Gasteiger partial charge in [0.15, 0.2) is 0 Å². The lowest BCUT2D eigenvalue weighted by Gasteiger charge is -2.13. The van der Waals surface area contributed by atoms with Gasteiger partial charge in [0.2, 0.25) is 0 Å². The minimum atomic E-state index is 0.664. The molecule has 3 rings (SSSR count). The van der Waals surface area contributed by atoms with Crippen LogP contribution < -0.4 is 5.32 Å². The zero-order valence-electron chi connectivity index (χ0n) is 12.3. The second kappa shape index (κ2) is 6.19. The number of hydrogen-bond acceptors (Lipinski definition) is 3. The molecule has 0 amide bonds. The number of para-hydroxylation sites is 2. The van der Waals surface area contributed by atoms with E-state index in [0.717, 1.165) is 23.9 Å². The van der Waals surface area contributed by atoms with Crippen LogP contribution in [0.5, 0.6) is 0 Å². The third-order valence-corrected chi connectivity index (χ3v) is 5.41. The molecule has 0 radical (unpaired) electrons. The molecule has 1 N–H and O–H groups in total. The minimum absolute atomic E-state index is 0.664. The van der Waals surface area contributed by atoms with Crippen LogP contribution in [0.25, 0.3) is 11.0 Å². The molecule has 0 aliphatic heterocycles. The predicted molar refractivity (Wildman–Crippen MR) is 87.2 cm³/mol. The van der Waals surface area contributed by atoms with E-state index in [1.807, 2.05) is 11.8 Å². The van der Waals surface area contributed by atoms with Crippen molar-refractivity contribution in [1.82, 2.24) is 14.9 Å². The van der Waals surface area contributed by atoms with Crippen LogP contribution in [-0.2, 0) is 13.1 Å². The summed E-state index contributed by atoms with van der Waals surface area (Å²) >= 11 is 2.01. The molecule has 1 saturated carbocycles. The predicted octanol–water partition coefficient (Wildman–Crippen LogP) is 3.43. The highest BCUT2D eigenvalue weighted by Gasteiger charge is 2.23. The number of aryl methyl sites for hydroxylation is 1. The van der Waals surface area contributed by atoms with Gasteiger partial charge >= 0.3 is 0 Å². The Kier molecular flexibility index (Phi) is 4.32. The molecule has 1 aromatic heterocycles. The maximum Gasteiger partial charge on any atom is 0.123 e. The van der Waals surface area contributed by atoms with Gasteiger partial charge in [-0.2, -0.15) is 11.8 Å². The van der Waals surface area contributed by atoms with Gasteiger partial charge < -0.3 is 9.88 Å². The molecule has 2 unspecified atom stereocenters. The first kappa shape index (κ1) is 14.0. The van der Waals surface area contributed by atoms with Gasteiger partial charge in [0.1, 0.15) is 5.82 Å². The van der Waals surface area contributed by atoms with Crippen molar-refractivity contribution in [2.24, 2.45) is 0 Å². The number of aromatic nitrogens is 2. The Hall–Kier alpha value is -1.00. The Balaban J connectivity index is 1.71. The zero-order valence-corrected chi connectivity index (χ0v) is 13.1. The van der Waals surface area contributed by atoms with Gasteiger partial charge in [-0.15, -0.1) is 0 Å². The molecule has 20 heavy (non-hydrogen) atoms. The summed E-state index contributed by atoms with van der Waals surface area (Å²) in [4.78, 5) is 4.78. The summed E-state index contributed by atoms with van der Waals surface area (Å²) < 4.78 is 2.32. The first-order chi connectivity index (χ1) is 9.81. The molecular weight excluding hydrogens is 266 g/mol. The standard InChI is InChI=1S/C16H23N3S/c1-3-19-15-7-5-4-6-14(15)18-16(19)11-17-12-8-9-13(10-12)20-2/h4-7,12-13,17H,3,8-11H2,1-2H3. The summed E-state index contributed by atoms with van der Waals surface area (Å²) in [5.74, 6) is 1.17. The molecule has 2 atom stereocenters. The smallest absolute Gasteiger partial charge is 0.123 e. The molecule has 1 aliphatic rings. The van der Waals surface area contributed by atoms with Crippen molar-refractivity contribution in [3.63, 3.8) is 0 Å². The summed E-state index contributed by atoms with van der Waals surface area (Å²) in [6.45, 7) is 4.06. The van der Waals surface area contributed by atoms with Crippen LogP contribution in [0, 0.1) is 0 Å². The third kappa shape index (κ3) is 2.72. The van der Waals surface area contributed by atoms with E-state index < -0.39 is 0 Å². The number of thioether (sulfide) groups is 1. The first-order valence-corrected chi connectivity index (χ1v) is 8.81. The van der Waals surface area contributed by atoms with Gasteiger partial charge in [0, 0.05) is 17.8 Å². The molecular formula is C16H23N3S. The molecule has 1 aromatic carbocycles. The van der Waals surface area contributed by atoms with E-state index in [9.17, 15) is 0 Å². The van der Waals surface area contributed by atoms with Gasteiger partial charge in [0.05, 0.1) is 17.6 Å². The van der Waals surface area contributed by atoms with Crippen molar-refractivity contribution in [2.75, 3.05) is 6.26 Å².